The third-order valence-electron chi connectivity index (χ3n) is 4.39. The van der Waals surface area contributed by atoms with Crippen molar-refractivity contribution in [2.24, 2.45) is 0 Å². The summed E-state index contributed by atoms with van der Waals surface area (Å²) in [6, 6.07) is 0. The van der Waals surface area contributed by atoms with E-state index >= 15 is 0 Å². The van der Waals surface area contributed by atoms with E-state index in [1.54, 1.807) is 0 Å². The van der Waals surface area contributed by atoms with Crippen molar-refractivity contribution in [1.82, 2.24) is 0 Å². The summed E-state index contributed by atoms with van der Waals surface area (Å²) < 4.78 is 11.9. The van der Waals surface area contributed by atoms with E-state index in [-0.39, 0.29) is 12.9 Å². The Morgan fingerprint density at radius 3 is 1.64 bits per heavy atom. The molecule has 0 rings (SSSR count). The molecule has 0 bridgehead atoms. The van der Waals surface area contributed by atoms with Gasteiger partial charge >= 0.3 is 0 Å². The monoisotopic (exact) mass is 356 g/mol. The van der Waals surface area contributed by atoms with E-state index in [9.17, 15) is 0 Å². The van der Waals surface area contributed by atoms with Crippen LogP contribution in [0, 0.1) is 0 Å². The van der Waals surface area contributed by atoms with Gasteiger partial charge in [0.2, 0.25) is 0 Å². The minimum absolute atomic E-state index is 0.124. The summed E-state index contributed by atoms with van der Waals surface area (Å²) >= 11 is 0. The van der Waals surface area contributed by atoms with Crippen LogP contribution in [-0.2, 0) is 9.47 Å². The van der Waals surface area contributed by atoms with E-state index in [0.29, 0.717) is 6.42 Å². The molecule has 0 saturated carbocycles. The van der Waals surface area contributed by atoms with E-state index in [4.69, 9.17) is 14.6 Å². The van der Waals surface area contributed by atoms with Crippen LogP contribution in [0.5, 0.6) is 0 Å². The quantitative estimate of drug-likeness (QED) is 0.156. The first-order valence-corrected chi connectivity index (χ1v) is 10.8. The van der Waals surface area contributed by atoms with Crippen molar-refractivity contribution >= 4 is 0 Å². The fourth-order valence-electron chi connectivity index (χ4n) is 2.78. The smallest absolute Gasteiger partial charge is 0.160 e. The number of aliphatic hydroxyl groups is 1. The van der Waals surface area contributed by atoms with Crippen molar-refractivity contribution < 1.29 is 14.6 Å². The Hall–Kier alpha value is -0.380. The average molecular weight is 357 g/mol. The summed E-state index contributed by atoms with van der Waals surface area (Å²) in [5.74, 6) is 0. The fraction of sp³-hybridized carbons (Fsp3) is 0.909. The second kappa shape index (κ2) is 21.7. The van der Waals surface area contributed by atoms with Gasteiger partial charge in [0, 0.05) is 26.2 Å². The third kappa shape index (κ3) is 19.8. The van der Waals surface area contributed by atoms with E-state index < -0.39 is 0 Å². The lowest BCUT2D eigenvalue weighted by Gasteiger charge is -2.17. The van der Waals surface area contributed by atoms with E-state index in [0.717, 1.165) is 32.5 Å². The summed E-state index contributed by atoms with van der Waals surface area (Å²) in [6.07, 6.45) is 20.8. The predicted molar refractivity (Wildman–Crippen MR) is 108 cm³/mol. The van der Waals surface area contributed by atoms with Gasteiger partial charge in [0.25, 0.3) is 0 Å². The lowest BCUT2D eigenvalue weighted by atomic mass is 10.1. The first-order valence-electron chi connectivity index (χ1n) is 10.8. The molecule has 3 heteroatoms. The number of hydrogen-bond acceptors (Lipinski definition) is 3. The van der Waals surface area contributed by atoms with Crippen molar-refractivity contribution in [1.29, 1.82) is 0 Å². The molecule has 0 amide bonds. The van der Waals surface area contributed by atoms with E-state index in [2.05, 4.69) is 19.9 Å². The van der Waals surface area contributed by atoms with Gasteiger partial charge < -0.3 is 14.6 Å². The summed E-state index contributed by atoms with van der Waals surface area (Å²) in [6.45, 7) is 6.29. The topological polar surface area (TPSA) is 38.7 Å². The van der Waals surface area contributed by atoms with Gasteiger partial charge in [-0.15, -0.1) is 0 Å². The Kier molecular flexibility index (Phi) is 21.3. The zero-order valence-electron chi connectivity index (χ0n) is 17.0. The molecule has 0 saturated heterocycles. The molecule has 0 aromatic rings. The molecule has 0 aromatic carbocycles. The van der Waals surface area contributed by atoms with E-state index in [1.807, 2.05) is 6.08 Å². The minimum Gasteiger partial charge on any atom is -0.396 e. The van der Waals surface area contributed by atoms with Crippen molar-refractivity contribution in [3.63, 3.8) is 0 Å². The Labute approximate surface area is 157 Å². The van der Waals surface area contributed by atoms with Crippen molar-refractivity contribution in [3.8, 4) is 0 Å². The maximum absolute atomic E-state index is 8.84. The standard InChI is InChI=1S/C22H44O3/c1-3-5-7-9-11-16-20-24-22(18-14-13-15-19-23)25-21-17-12-10-8-6-4-2/h13-14,22-23H,3-12,15-21H2,1-2H3/b14-13+. The molecule has 0 unspecified atom stereocenters. The Balaban J connectivity index is 3.78. The first-order chi connectivity index (χ1) is 12.3. The van der Waals surface area contributed by atoms with Gasteiger partial charge in [-0.05, 0) is 19.3 Å². The molecule has 1 N–H and O–H groups in total. The highest BCUT2D eigenvalue weighted by Crippen LogP contribution is 2.10. The Bertz CT molecular complexity index is 248. The van der Waals surface area contributed by atoms with Crippen LogP contribution < -0.4 is 0 Å². The van der Waals surface area contributed by atoms with Crippen LogP contribution >= 0.6 is 0 Å². The first kappa shape index (κ1) is 24.6. The van der Waals surface area contributed by atoms with Crippen molar-refractivity contribution in [3.05, 3.63) is 12.2 Å². The fourth-order valence-corrected chi connectivity index (χ4v) is 2.78. The van der Waals surface area contributed by atoms with Gasteiger partial charge in [-0.1, -0.05) is 90.2 Å². The zero-order valence-corrected chi connectivity index (χ0v) is 17.0. The second-order valence-corrected chi connectivity index (χ2v) is 6.93. The molecule has 150 valence electrons. The second-order valence-electron chi connectivity index (χ2n) is 6.93. The Morgan fingerprint density at radius 1 is 0.680 bits per heavy atom. The molecule has 0 fully saturated rings. The SMILES string of the molecule is CCCCCCCCOC(C/C=C/CCO)OCCCCCCCC. The van der Waals surface area contributed by atoms with Crippen LogP contribution in [-0.4, -0.2) is 31.2 Å². The highest BCUT2D eigenvalue weighted by atomic mass is 16.7. The summed E-state index contributed by atoms with van der Waals surface area (Å²) in [7, 11) is 0. The molecular weight excluding hydrogens is 312 g/mol. The third-order valence-corrected chi connectivity index (χ3v) is 4.39. The summed E-state index contributed by atoms with van der Waals surface area (Å²) in [4.78, 5) is 0. The maximum Gasteiger partial charge on any atom is 0.160 e. The van der Waals surface area contributed by atoms with Gasteiger partial charge in [0.1, 0.15) is 0 Å². The maximum atomic E-state index is 8.84. The molecule has 3 nitrogen and oxygen atoms in total. The minimum atomic E-state index is -0.124. The summed E-state index contributed by atoms with van der Waals surface area (Å²) in [5, 5.41) is 8.84. The lowest BCUT2D eigenvalue weighted by molar-refractivity contribution is -0.141. The van der Waals surface area contributed by atoms with Crippen molar-refractivity contribution in [2.75, 3.05) is 19.8 Å². The van der Waals surface area contributed by atoms with Crippen LogP contribution in [0.3, 0.4) is 0 Å². The lowest BCUT2D eigenvalue weighted by Crippen LogP contribution is -2.18. The number of unbranched alkanes of at least 4 members (excludes halogenated alkanes) is 10. The highest BCUT2D eigenvalue weighted by molar-refractivity contribution is 4.82. The van der Waals surface area contributed by atoms with E-state index in [1.165, 1.54) is 64.2 Å². The van der Waals surface area contributed by atoms with Crippen LogP contribution in [0.25, 0.3) is 0 Å². The van der Waals surface area contributed by atoms with Crippen molar-refractivity contribution in [2.45, 2.75) is 110 Å². The zero-order chi connectivity index (χ0) is 18.4. The summed E-state index contributed by atoms with van der Waals surface area (Å²) in [5.41, 5.74) is 0. The van der Waals surface area contributed by atoms with Crippen LogP contribution in [0.15, 0.2) is 12.2 Å². The predicted octanol–water partition coefficient (Wildman–Crippen LogP) is 6.40. The number of aliphatic hydroxyl groups excluding tert-OH is 1. The van der Waals surface area contributed by atoms with Gasteiger partial charge in [-0.25, -0.2) is 0 Å². The molecule has 0 spiro atoms. The normalized spacial score (nSPS) is 11.8. The number of ether oxygens (including phenoxy) is 2. The van der Waals surface area contributed by atoms with Crippen LogP contribution in [0.1, 0.15) is 104 Å². The molecule has 25 heavy (non-hydrogen) atoms. The van der Waals surface area contributed by atoms with Gasteiger partial charge in [0.05, 0.1) is 0 Å². The highest BCUT2D eigenvalue weighted by Gasteiger charge is 2.07. The molecule has 0 aromatic heterocycles. The average Bonchev–Trinajstić information content (AvgIpc) is 2.63. The number of rotatable bonds is 20. The largest absolute Gasteiger partial charge is 0.396 e. The molecule has 0 aliphatic carbocycles. The van der Waals surface area contributed by atoms with Gasteiger partial charge in [-0.2, -0.15) is 0 Å². The van der Waals surface area contributed by atoms with Gasteiger partial charge in [-0.3, -0.25) is 0 Å². The molecule has 0 aliphatic heterocycles. The molecular formula is C22H44O3. The molecule has 0 atom stereocenters. The molecule has 0 radical (unpaired) electrons. The van der Waals surface area contributed by atoms with Gasteiger partial charge in [0.15, 0.2) is 6.29 Å². The van der Waals surface area contributed by atoms with Crippen LogP contribution in [0.2, 0.25) is 0 Å². The Morgan fingerprint density at radius 2 is 1.16 bits per heavy atom. The molecule has 0 aliphatic rings. The molecule has 0 heterocycles. The number of hydrogen-bond donors (Lipinski definition) is 1. The van der Waals surface area contributed by atoms with Crippen LogP contribution in [0.4, 0.5) is 0 Å².